The molecule has 1 amide bonds. The van der Waals surface area contributed by atoms with Gasteiger partial charge in [-0.3, -0.25) is 10.2 Å². The van der Waals surface area contributed by atoms with Gasteiger partial charge in [-0.05, 0) is 58.2 Å². The van der Waals surface area contributed by atoms with Crippen LogP contribution in [0.15, 0.2) is 11.8 Å². The normalized spacial score (nSPS) is 45.9. The first-order valence-electron chi connectivity index (χ1n) is 16.8. The molecule has 0 aromatic carbocycles. The van der Waals surface area contributed by atoms with Crippen LogP contribution in [0.3, 0.4) is 0 Å². The maximum Gasteiger partial charge on any atom is 0.252 e. The van der Waals surface area contributed by atoms with Crippen molar-refractivity contribution in [2.75, 3.05) is 26.7 Å². The van der Waals surface area contributed by atoms with Crippen molar-refractivity contribution < 1.29 is 44.2 Å². The van der Waals surface area contributed by atoms with Crippen LogP contribution in [0, 0.1) is 11.3 Å². The van der Waals surface area contributed by atoms with E-state index in [4.69, 9.17) is 47.3 Å². The van der Waals surface area contributed by atoms with Gasteiger partial charge in [-0.2, -0.15) is 0 Å². The van der Waals surface area contributed by atoms with Gasteiger partial charge in [0, 0.05) is 31.0 Å². The Balaban J connectivity index is 1.27. The van der Waals surface area contributed by atoms with Gasteiger partial charge in [-0.1, -0.05) is 0 Å². The van der Waals surface area contributed by atoms with Crippen molar-refractivity contribution in [3.63, 3.8) is 0 Å². The van der Waals surface area contributed by atoms with E-state index in [0.29, 0.717) is 24.6 Å². The molecule has 17 N–H and O–H groups in total. The van der Waals surface area contributed by atoms with Gasteiger partial charge in [0.2, 0.25) is 6.29 Å². The maximum atomic E-state index is 13.3. The number of rotatable bonds is 12. The van der Waals surface area contributed by atoms with Gasteiger partial charge in [-0.25, -0.2) is 0 Å². The highest BCUT2D eigenvalue weighted by molar-refractivity contribution is 5.87. The second-order valence-corrected chi connectivity index (χ2v) is 14.4. The quantitative estimate of drug-likeness (QED) is 0.0676. The topological polar surface area (TPSA) is 311 Å². The third-order valence-electron chi connectivity index (χ3n) is 10.2. The summed E-state index contributed by atoms with van der Waals surface area (Å²) in [5.74, 6) is 0.195. The van der Waals surface area contributed by atoms with Crippen molar-refractivity contribution in [1.82, 2.24) is 21.3 Å². The fourth-order valence-corrected chi connectivity index (χ4v) is 7.44. The van der Waals surface area contributed by atoms with E-state index in [-0.39, 0.29) is 43.9 Å². The van der Waals surface area contributed by atoms with Crippen molar-refractivity contribution in [3.8, 4) is 0 Å². The average molecular weight is 686 g/mol. The monoisotopic (exact) mass is 685 g/mol. The third kappa shape index (κ3) is 8.22. The zero-order valence-electron chi connectivity index (χ0n) is 27.6. The third-order valence-corrected chi connectivity index (χ3v) is 10.2. The number of guanidine groups is 1. The fraction of sp³-hybridized carbons (Fsp3) is 0.867. The summed E-state index contributed by atoms with van der Waals surface area (Å²) in [6.07, 6.45) is -2.98. The number of hydrogen-bond acceptors (Lipinski definition) is 15. The predicted octanol–water partition coefficient (Wildman–Crippen LogP) is -4.95. The van der Waals surface area contributed by atoms with Crippen LogP contribution < -0.4 is 44.2 Å². The number of ether oxygens (including phenoxy) is 4. The summed E-state index contributed by atoms with van der Waals surface area (Å²) in [6.45, 7) is 2.60. The van der Waals surface area contributed by atoms with E-state index in [9.17, 15) is 25.2 Å². The number of nitrogens with two attached hydrogens (primary N) is 4. The molecule has 0 bridgehead atoms. The molecule has 5 rings (SSSR count). The Hall–Kier alpha value is -2.20. The van der Waals surface area contributed by atoms with E-state index in [1.54, 1.807) is 7.05 Å². The fourth-order valence-electron chi connectivity index (χ4n) is 7.44. The number of carbonyl (C=O) groups excluding carboxylic acids is 1. The summed E-state index contributed by atoms with van der Waals surface area (Å²) < 4.78 is 24.2. The lowest BCUT2D eigenvalue weighted by atomic mass is 9.74. The van der Waals surface area contributed by atoms with Crippen LogP contribution in [0.2, 0.25) is 0 Å². The summed E-state index contributed by atoms with van der Waals surface area (Å²) in [6, 6.07) is -3.26. The predicted molar refractivity (Wildman–Crippen MR) is 172 cm³/mol. The van der Waals surface area contributed by atoms with Gasteiger partial charge >= 0.3 is 0 Å². The molecule has 2 aliphatic heterocycles. The van der Waals surface area contributed by atoms with Crippen LogP contribution in [0.1, 0.15) is 45.4 Å². The highest BCUT2D eigenvalue weighted by Crippen LogP contribution is 2.35. The van der Waals surface area contributed by atoms with Gasteiger partial charge in [-0.15, -0.1) is 0 Å². The molecule has 274 valence electrons. The zero-order valence-corrected chi connectivity index (χ0v) is 27.6. The molecule has 0 aromatic heterocycles. The minimum atomic E-state index is -1.75. The Bertz CT molecular complexity index is 1170. The molecule has 1 saturated heterocycles. The van der Waals surface area contributed by atoms with Gasteiger partial charge in [0.1, 0.15) is 41.4 Å². The Kier molecular flexibility index (Phi) is 11.6. The van der Waals surface area contributed by atoms with Crippen molar-refractivity contribution in [3.05, 3.63) is 11.8 Å². The van der Waals surface area contributed by atoms with E-state index in [1.165, 1.54) is 6.92 Å². The summed E-state index contributed by atoms with van der Waals surface area (Å²) in [5, 5.41) is 63.6. The molecule has 2 heterocycles. The van der Waals surface area contributed by atoms with Crippen LogP contribution in [0.4, 0.5) is 0 Å². The summed E-state index contributed by atoms with van der Waals surface area (Å²) in [5.41, 5.74) is 21.0. The summed E-state index contributed by atoms with van der Waals surface area (Å²) in [7, 11) is 1.58. The SMILES string of the molecule is CN[C@@H]1[C@@H](O)[C@@H](O[C@H]2[C@H](NC(=O)C3(O)CC(NC(=N)N)C3)C[C@H](N)C(O[C@H]3OC(CNCC4CC(N)C4)=CC[C@H]3N)[C@@H]2O)OC[C@]1(C)O. The van der Waals surface area contributed by atoms with Crippen molar-refractivity contribution in [2.45, 2.75) is 130 Å². The number of amides is 1. The van der Waals surface area contributed by atoms with Gasteiger partial charge in [0.25, 0.3) is 5.91 Å². The second kappa shape index (κ2) is 15.0. The summed E-state index contributed by atoms with van der Waals surface area (Å²) >= 11 is 0. The lowest BCUT2D eigenvalue weighted by Crippen LogP contribution is -2.71. The van der Waals surface area contributed by atoms with Gasteiger partial charge in [0.15, 0.2) is 12.2 Å². The molecule has 0 spiro atoms. The molecule has 5 aliphatic rings. The van der Waals surface area contributed by atoms with E-state index in [1.807, 2.05) is 6.08 Å². The maximum absolute atomic E-state index is 13.3. The Labute approximate surface area is 280 Å². The standard InChI is InChI=1S/C30H55N9O9/c1-29(43)12-45-26(21(41)24(29)36-2)48-23-19(39-27(42)30(44)8-15(9-30)38-28(34)35)7-18(33)22(20(23)40)47-25-17(32)4-3-16(46-25)11-37-10-13-5-14(31)6-13/h3,13-15,17-26,36-37,40-41,43-44H,4-12,31-33H2,1-2H3,(H,39,42)(H4,34,35,38)/t13?,14?,15?,17-,18+,19-,20+,21-,22?,23+,24-,25-,26-,29+,30?/m1/s1. The van der Waals surface area contributed by atoms with Crippen LogP contribution in [0.5, 0.6) is 0 Å². The molecule has 4 fully saturated rings. The van der Waals surface area contributed by atoms with E-state index >= 15 is 0 Å². The molecular weight excluding hydrogens is 630 g/mol. The Morgan fingerprint density at radius 3 is 2.38 bits per heavy atom. The van der Waals surface area contributed by atoms with Gasteiger partial charge < -0.3 is 83.6 Å². The van der Waals surface area contributed by atoms with E-state index in [2.05, 4.69) is 21.3 Å². The lowest BCUT2D eigenvalue weighted by molar-refractivity contribution is -0.304. The highest BCUT2D eigenvalue weighted by atomic mass is 16.7. The number of carbonyl (C=O) groups is 1. The highest BCUT2D eigenvalue weighted by Gasteiger charge is 2.54. The minimum absolute atomic E-state index is 0.0101. The number of hydrogen-bond donors (Lipinski definition) is 13. The lowest BCUT2D eigenvalue weighted by Gasteiger charge is -2.49. The number of likely N-dealkylation sites (N-methyl/N-ethyl adjacent to an activating group) is 1. The minimum Gasteiger partial charge on any atom is -0.467 e. The average Bonchev–Trinajstić information content (AvgIpc) is 2.97. The molecule has 18 nitrogen and oxygen atoms in total. The van der Waals surface area contributed by atoms with E-state index < -0.39 is 78.3 Å². The van der Waals surface area contributed by atoms with Crippen LogP contribution >= 0.6 is 0 Å². The van der Waals surface area contributed by atoms with Crippen molar-refractivity contribution in [2.24, 2.45) is 28.9 Å². The first-order valence-corrected chi connectivity index (χ1v) is 16.8. The molecule has 48 heavy (non-hydrogen) atoms. The van der Waals surface area contributed by atoms with Crippen molar-refractivity contribution >= 4 is 11.9 Å². The van der Waals surface area contributed by atoms with Crippen LogP contribution in [0.25, 0.3) is 0 Å². The van der Waals surface area contributed by atoms with Gasteiger partial charge in [0.05, 0.1) is 31.3 Å². The molecule has 3 aliphatic carbocycles. The number of nitrogens with one attached hydrogen (secondary N) is 5. The first kappa shape index (κ1) is 37.1. The summed E-state index contributed by atoms with van der Waals surface area (Å²) in [4.78, 5) is 13.3. The Morgan fingerprint density at radius 2 is 1.73 bits per heavy atom. The molecule has 1 unspecified atom stereocenters. The molecule has 3 saturated carbocycles. The first-order chi connectivity index (χ1) is 22.6. The second-order valence-electron chi connectivity index (χ2n) is 14.4. The largest absolute Gasteiger partial charge is 0.467 e. The van der Waals surface area contributed by atoms with Crippen molar-refractivity contribution in [1.29, 1.82) is 5.41 Å². The number of aliphatic hydroxyl groups is 4. The smallest absolute Gasteiger partial charge is 0.252 e. The van der Waals surface area contributed by atoms with Crippen LogP contribution in [-0.2, 0) is 23.7 Å². The van der Waals surface area contributed by atoms with Crippen LogP contribution in [-0.4, -0.2) is 143 Å². The molecule has 0 radical (unpaired) electrons. The Morgan fingerprint density at radius 1 is 1.04 bits per heavy atom. The van der Waals surface area contributed by atoms with E-state index in [0.717, 1.165) is 19.4 Å². The zero-order chi connectivity index (χ0) is 35.0. The molecular formula is C30H55N9O9. The molecule has 18 heteroatoms. The molecule has 11 atom stereocenters. The molecule has 0 aromatic rings. The number of aliphatic hydroxyl groups excluding tert-OH is 2.